The van der Waals surface area contributed by atoms with Crippen LogP contribution in [0, 0.1) is 11.5 Å². The Morgan fingerprint density at radius 3 is 2.06 bits per heavy atom. The van der Waals surface area contributed by atoms with Crippen molar-refractivity contribution in [1.82, 2.24) is 0 Å². The number of rotatable bonds is 6. The molecule has 0 unspecified atom stereocenters. The van der Waals surface area contributed by atoms with E-state index in [9.17, 15) is 0 Å². The van der Waals surface area contributed by atoms with Crippen LogP contribution in [0.15, 0.2) is 24.3 Å². The molecule has 84 valence electrons. The van der Waals surface area contributed by atoms with Crippen molar-refractivity contribution in [2.24, 2.45) is 5.41 Å². The predicted molar refractivity (Wildman–Crippen MR) is 60.8 cm³/mol. The van der Waals surface area contributed by atoms with Gasteiger partial charge in [-0.3, -0.25) is 0 Å². The Hall–Kier alpha value is 0.244. The number of hydrogen-bond acceptors (Lipinski definition) is 2. The summed E-state index contributed by atoms with van der Waals surface area (Å²) in [6.07, 6.45) is 0.962. The molecule has 0 heterocycles. The zero-order valence-electron chi connectivity index (χ0n) is 10.3. The quantitative estimate of drug-likeness (QED) is 0.750. The van der Waals surface area contributed by atoms with Gasteiger partial charge < -0.3 is 9.47 Å². The van der Waals surface area contributed by atoms with Gasteiger partial charge in [0.05, 0.1) is 13.2 Å². The van der Waals surface area contributed by atoms with Crippen LogP contribution in [0.25, 0.3) is 0 Å². The first-order valence-electron chi connectivity index (χ1n) is 5.13. The van der Waals surface area contributed by atoms with Crippen LogP contribution in [0.1, 0.15) is 12.5 Å². The van der Waals surface area contributed by atoms with Gasteiger partial charge in [-0.1, -0.05) is 6.92 Å². The molecular formula is C13H19O2Y+2. The predicted octanol–water partition coefficient (Wildman–Crippen LogP) is 2.33. The smallest absolute Gasteiger partial charge is 0.384 e. The zero-order chi connectivity index (χ0) is 11.1. The normalized spacial score (nSPS) is 10.9. The van der Waals surface area contributed by atoms with Crippen LogP contribution in [-0.2, 0) is 48.6 Å². The van der Waals surface area contributed by atoms with Crippen molar-refractivity contribution in [2.45, 2.75) is 13.3 Å². The molecule has 0 saturated heterocycles. The largest absolute Gasteiger partial charge is 3.00 e. The Balaban J connectivity index is 0.00000225. The molecule has 1 rings (SSSR count). The first-order valence-corrected chi connectivity index (χ1v) is 5.13. The molecule has 3 heteroatoms. The molecule has 0 aliphatic rings. The van der Waals surface area contributed by atoms with E-state index in [1.54, 1.807) is 14.2 Å². The van der Waals surface area contributed by atoms with Gasteiger partial charge in [-0.15, -0.1) is 0 Å². The second-order valence-electron chi connectivity index (χ2n) is 4.26. The Morgan fingerprint density at radius 1 is 1.12 bits per heavy atom. The second-order valence-corrected chi connectivity index (χ2v) is 4.26. The third-order valence-corrected chi connectivity index (χ3v) is 2.40. The standard InChI is InChI=1S/C13H19O2.Y/c1-13(10-14-2,11-15-3)9-12-7-5-4-6-8-12;/h5-8H,9-11H2,1-3H3;/q-1;+3. The van der Waals surface area contributed by atoms with E-state index in [1.165, 1.54) is 5.56 Å². The third kappa shape index (κ3) is 5.54. The van der Waals surface area contributed by atoms with Gasteiger partial charge in [-0.05, 0) is 6.42 Å². The minimum absolute atomic E-state index is 0. The minimum Gasteiger partial charge on any atom is -0.384 e. The van der Waals surface area contributed by atoms with Gasteiger partial charge in [-0.25, -0.2) is 0 Å². The molecule has 0 spiro atoms. The third-order valence-electron chi connectivity index (χ3n) is 2.40. The summed E-state index contributed by atoms with van der Waals surface area (Å²) in [5.41, 5.74) is 1.34. The SMILES string of the molecule is COCC(C)(COC)Cc1cc[c-]cc1.[Y+3]. The van der Waals surface area contributed by atoms with E-state index in [4.69, 9.17) is 9.47 Å². The second kappa shape index (κ2) is 8.35. The fraction of sp³-hybridized carbons (Fsp3) is 0.538. The Kier molecular flexibility index (Phi) is 8.48. The fourth-order valence-corrected chi connectivity index (χ4v) is 1.87. The summed E-state index contributed by atoms with van der Waals surface area (Å²) in [7, 11) is 3.46. The Labute approximate surface area is 124 Å². The Morgan fingerprint density at radius 2 is 1.62 bits per heavy atom. The molecule has 16 heavy (non-hydrogen) atoms. The average Bonchev–Trinajstić information content (AvgIpc) is 2.19. The summed E-state index contributed by atoms with van der Waals surface area (Å²) in [6.45, 7) is 3.59. The van der Waals surface area contributed by atoms with Gasteiger partial charge in [-0.2, -0.15) is 35.9 Å². The summed E-state index contributed by atoms with van der Waals surface area (Å²) in [6, 6.07) is 11.1. The number of ether oxygens (including phenoxy) is 2. The van der Waals surface area contributed by atoms with Crippen LogP contribution in [0.3, 0.4) is 0 Å². The van der Waals surface area contributed by atoms with E-state index in [-0.39, 0.29) is 38.1 Å². The number of methoxy groups -OCH3 is 2. The first-order chi connectivity index (χ1) is 7.20. The number of benzene rings is 1. The molecule has 0 N–H and O–H groups in total. The maximum atomic E-state index is 5.24. The topological polar surface area (TPSA) is 18.5 Å². The zero-order valence-corrected chi connectivity index (χ0v) is 13.2. The van der Waals surface area contributed by atoms with Crippen molar-refractivity contribution in [3.63, 3.8) is 0 Å². The molecule has 0 fully saturated rings. The molecule has 0 saturated carbocycles. The maximum Gasteiger partial charge on any atom is 3.00 e. The van der Waals surface area contributed by atoms with E-state index >= 15 is 0 Å². The van der Waals surface area contributed by atoms with Crippen molar-refractivity contribution in [2.75, 3.05) is 27.4 Å². The molecular weight excluding hydrogens is 277 g/mol. The summed E-state index contributed by atoms with van der Waals surface area (Å²) >= 11 is 0. The Bertz CT molecular complexity index is 269. The van der Waals surface area contributed by atoms with E-state index in [2.05, 4.69) is 25.1 Å². The summed E-state index contributed by atoms with van der Waals surface area (Å²) in [5, 5.41) is 0. The molecule has 0 bridgehead atoms. The fourth-order valence-electron chi connectivity index (χ4n) is 1.87. The molecule has 2 nitrogen and oxygen atoms in total. The van der Waals surface area contributed by atoms with Crippen molar-refractivity contribution in [3.8, 4) is 0 Å². The van der Waals surface area contributed by atoms with Crippen molar-refractivity contribution < 1.29 is 42.2 Å². The van der Waals surface area contributed by atoms with Gasteiger partial charge in [0.2, 0.25) is 0 Å². The van der Waals surface area contributed by atoms with Crippen molar-refractivity contribution in [1.29, 1.82) is 0 Å². The molecule has 0 atom stereocenters. The van der Waals surface area contributed by atoms with Gasteiger partial charge in [0.15, 0.2) is 0 Å². The minimum atomic E-state index is 0. The van der Waals surface area contributed by atoms with Crippen LogP contribution in [-0.4, -0.2) is 27.4 Å². The van der Waals surface area contributed by atoms with Crippen molar-refractivity contribution in [3.05, 3.63) is 35.9 Å². The van der Waals surface area contributed by atoms with Crippen LogP contribution in [0.2, 0.25) is 0 Å². The van der Waals surface area contributed by atoms with E-state index in [0.717, 1.165) is 6.42 Å². The monoisotopic (exact) mass is 296 g/mol. The molecule has 0 aromatic heterocycles. The van der Waals surface area contributed by atoms with E-state index in [0.29, 0.717) is 13.2 Å². The maximum absolute atomic E-state index is 5.24. The van der Waals surface area contributed by atoms with E-state index in [1.807, 2.05) is 12.1 Å². The molecule has 0 aliphatic heterocycles. The van der Waals surface area contributed by atoms with Gasteiger partial charge in [0.1, 0.15) is 0 Å². The van der Waals surface area contributed by atoms with Gasteiger partial charge in [0.25, 0.3) is 0 Å². The summed E-state index contributed by atoms with van der Waals surface area (Å²) in [5.74, 6) is 0. The van der Waals surface area contributed by atoms with Crippen LogP contribution >= 0.6 is 0 Å². The molecule has 1 aromatic rings. The summed E-state index contributed by atoms with van der Waals surface area (Å²) < 4.78 is 10.5. The average molecular weight is 296 g/mol. The molecule has 0 aliphatic carbocycles. The molecule has 0 radical (unpaired) electrons. The van der Waals surface area contributed by atoms with Crippen molar-refractivity contribution >= 4 is 0 Å². The molecule has 0 amide bonds. The van der Waals surface area contributed by atoms with Crippen LogP contribution in [0.5, 0.6) is 0 Å². The van der Waals surface area contributed by atoms with Gasteiger partial charge in [0, 0.05) is 19.6 Å². The summed E-state index contributed by atoms with van der Waals surface area (Å²) in [4.78, 5) is 0. The first kappa shape index (κ1) is 16.2. The molecule has 1 aromatic carbocycles. The van der Waals surface area contributed by atoms with E-state index < -0.39 is 0 Å². The number of hydrogen-bond donors (Lipinski definition) is 0. The van der Waals surface area contributed by atoms with Crippen LogP contribution < -0.4 is 0 Å². The van der Waals surface area contributed by atoms with Gasteiger partial charge >= 0.3 is 32.7 Å². The van der Waals surface area contributed by atoms with Crippen LogP contribution in [0.4, 0.5) is 0 Å².